The molecule has 0 aromatic carbocycles. The van der Waals surface area contributed by atoms with Gasteiger partial charge >= 0.3 is 16.4 Å². The van der Waals surface area contributed by atoms with Crippen LogP contribution in [-0.4, -0.2) is 75.0 Å². The van der Waals surface area contributed by atoms with Crippen LogP contribution >= 0.6 is 0 Å². The number of ether oxygens (including phenoxy) is 2. The molecule has 2 atom stereocenters. The number of hydrogen-bond donors (Lipinski definition) is 1. The number of rotatable bonds is 7. The van der Waals surface area contributed by atoms with Crippen molar-refractivity contribution < 1.29 is 31.5 Å². The maximum absolute atomic E-state index is 12.2. The minimum atomic E-state index is -4.75. The number of amides is 2. The molecule has 2 aliphatic rings. The smallest absolute Gasteiger partial charge is 0.384 e. The molecule has 0 aliphatic carbocycles. The van der Waals surface area contributed by atoms with Gasteiger partial charge in [-0.05, 0) is 12.0 Å². The molecule has 21 heavy (non-hydrogen) atoms. The summed E-state index contributed by atoms with van der Waals surface area (Å²) in [6.07, 6.45) is 2.35. The fourth-order valence-electron chi connectivity index (χ4n) is 2.57. The summed E-state index contributed by atoms with van der Waals surface area (Å²) in [4.78, 5) is 13.7. The molecule has 2 aliphatic heterocycles. The van der Waals surface area contributed by atoms with E-state index in [1.165, 1.54) is 12.0 Å². The largest absolute Gasteiger partial charge is 0.418 e. The summed E-state index contributed by atoms with van der Waals surface area (Å²) in [6, 6.07) is -1.49. The second kappa shape index (κ2) is 6.28. The number of carbonyl (C=O) groups excluding carboxylic acids is 1. The minimum Gasteiger partial charge on any atom is -0.384 e. The molecule has 0 unspecified atom stereocenters. The first-order valence-electron chi connectivity index (χ1n) is 6.32. The lowest BCUT2D eigenvalue weighted by Gasteiger charge is -2.31. The molecule has 1 N–H and O–H groups in total. The molecule has 2 heterocycles. The van der Waals surface area contributed by atoms with Gasteiger partial charge in [0.25, 0.3) is 0 Å². The summed E-state index contributed by atoms with van der Waals surface area (Å²) < 4.78 is 45.0. The van der Waals surface area contributed by atoms with E-state index in [1.807, 2.05) is 0 Å². The first-order valence-corrected chi connectivity index (χ1v) is 7.69. The summed E-state index contributed by atoms with van der Waals surface area (Å²) in [7, 11) is -1.66. The Balaban J connectivity index is 2.24. The predicted octanol–water partition coefficient (Wildman–Crippen LogP) is -0.181. The zero-order valence-corrected chi connectivity index (χ0v) is 12.6. The Morgan fingerprint density at radius 2 is 2.10 bits per heavy atom. The van der Waals surface area contributed by atoms with Gasteiger partial charge in [0.2, 0.25) is 0 Å². The normalized spacial score (nSPS) is 25.5. The Hall–Kier alpha value is -1.20. The standard InChI is InChI=1S/C11H18N2O7S/c1-18-4-3-8-5-9-6-12(10(8)7-19-2)11(14)13(9)20-21(15,16)17/h5,9-10H,3-4,6-7H2,1-2H3,(H,15,16,17)/t9-,10-/m1/s1. The second-order valence-corrected chi connectivity index (χ2v) is 5.79. The van der Waals surface area contributed by atoms with E-state index in [2.05, 4.69) is 4.28 Å². The van der Waals surface area contributed by atoms with Crippen LogP contribution in [0.25, 0.3) is 0 Å². The van der Waals surface area contributed by atoms with Crippen molar-refractivity contribution in [3.05, 3.63) is 11.6 Å². The first-order chi connectivity index (χ1) is 9.87. The van der Waals surface area contributed by atoms with Crippen molar-refractivity contribution in [1.82, 2.24) is 9.96 Å². The number of carbonyl (C=O) groups is 1. The summed E-state index contributed by atoms with van der Waals surface area (Å²) in [6.45, 7) is 1.03. The van der Waals surface area contributed by atoms with Crippen LogP contribution in [0.4, 0.5) is 4.79 Å². The number of nitrogens with zero attached hydrogens (tertiary/aromatic N) is 2. The van der Waals surface area contributed by atoms with Gasteiger partial charge in [-0.15, -0.1) is 4.28 Å². The molecule has 0 aromatic heterocycles. The molecule has 120 valence electrons. The zero-order chi connectivity index (χ0) is 15.6. The predicted molar refractivity (Wildman–Crippen MR) is 70.6 cm³/mol. The quantitative estimate of drug-likeness (QED) is 0.512. The second-order valence-electron chi connectivity index (χ2n) is 4.79. The Kier molecular flexibility index (Phi) is 4.84. The van der Waals surface area contributed by atoms with E-state index < -0.39 is 22.5 Å². The third-order valence-electron chi connectivity index (χ3n) is 3.42. The van der Waals surface area contributed by atoms with Crippen molar-refractivity contribution in [2.45, 2.75) is 18.5 Å². The summed E-state index contributed by atoms with van der Waals surface area (Å²) in [5.41, 5.74) is 0.907. The third kappa shape index (κ3) is 3.52. The molecule has 0 spiro atoms. The van der Waals surface area contributed by atoms with Crippen molar-refractivity contribution in [1.29, 1.82) is 0 Å². The van der Waals surface area contributed by atoms with Crippen LogP contribution in [0.2, 0.25) is 0 Å². The lowest BCUT2D eigenvalue weighted by Crippen LogP contribution is -2.43. The number of urea groups is 1. The topological polar surface area (TPSA) is 106 Å². The Morgan fingerprint density at radius 3 is 2.67 bits per heavy atom. The minimum absolute atomic E-state index is 0.277. The van der Waals surface area contributed by atoms with E-state index in [9.17, 15) is 13.2 Å². The highest BCUT2D eigenvalue weighted by molar-refractivity contribution is 7.80. The highest BCUT2D eigenvalue weighted by Crippen LogP contribution is 2.31. The molecule has 2 rings (SSSR count). The van der Waals surface area contributed by atoms with Gasteiger partial charge < -0.3 is 14.4 Å². The van der Waals surface area contributed by atoms with Gasteiger partial charge in [-0.2, -0.15) is 13.5 Å². The molecular formula is C11H18N2O7S. The van der Waals surface area contributed by atoms with Crippen LogP contribution in [0.5, 0.6) is 0 Å². The molecule has 1 fully saturated rings. The lowest BCUT2D eigenvalue weighted by molar-refractivity contribution is -0.0188. The first kappa shape index (κ1) is 16.2. The summed E-state index contributed by atoms with van der Waals surface area (Å²) in [5.74, 6) is 0. The fraction of sp³-hybridized carbons (Fsp3) is 0.727. The molecule has 2 bridgehead atoms. The summed E-state index contributed by atoms with van der Waals surface area (Å²) in [5, 5.41) is 0.664. The van der Waals surface area contributed by atoms with E-state index >= 15 is 0 Å². The van der Waals surface area contributed by atoms with Crippen LogP contribution in [0.1, 0.15) is 6.42 Å². The maximum atomic E-state index is 12.2. The highest BCUT2D eigenvalue weighted by Gasteiger charge is 2.47. The Labute approximate surface area is 123 Å². The van der Waals surface area contributed by atoms with E-state index in [-0.39, 0.29) is 19.2 Å². The van der Waals surface area contributed by atoms with Crippen molar-refractivity contribution in [2.24, 2.45) is 0 Å². The van der Waals surface area contributed by atoms with Crippen LogP contribution < -0.4 is 0 Å². The number of hydrogen-bond acceptors (Lipinski definition) is 6. The SMILES string of the molecule is COCCC1=C[C@@H]2CN(C(=O)N2OS(=O)(=O)O)[C@@H]1COC. The van der Waals surface area contributed by atoms with Gasteiger partial charge in [0, 0.05) is 27.4 Å². The van der Waals surface area contributed by atoms with Crippen molar-refractivity contribution in [2.75, 3.05) is 34.0 Å². The molecule has 1 saturated heterocycles. The lowest BCUT2D eigenvalue weighted by atomic mass is 9.97. The van der Waals surface area contributed by atoms with Crippen LogP contribution in [0.3, 0.4) is 0 Å². The van der Waals surface area contributed by atoms with Crippen molar-refractivity contribution >= 4 is 16.4 Å². The maximum Gasteiger partial charge on any atom is 0.418 e. The summed E-state index contributed by atoms with van der Waals surface area (Å²) >= 11 is 0. The number of hydroxylamine groups is 2. The fourth-order valence-corrected chi connectivity index (χ4v) is 2.95. The molecule has 0 saturated carbocycles. The Morgan fingerprint density at radius 1 is 1.38 bits per heavy atom. The van der Waals surface area contributed by atoms with Gasteiger partial charge in [0.15, 0.2) is 0 Å². The van der Waals surface area contributed by atoms with E-state index in [0.29, 0.717) is 18.1 Å². The molecule has 10 heteroatoms. The van der Waals surface area contributed by atoms with Crippen LogP contribution in [-0.2, 0) is 24.2 Å². The molecule has 9 nitrogen and oxygen atoms in total. The molecule has 0 aromatic rings. The van der Waals surface area contributed by atoms with Crippen LogP contribution in [0, 0.1) is 0 Å². The van der Waals surface area contributed by atoms with Gasteiger partial charge in [-0.1, -0.05) is 6.08 Å². The van der Waals surface area contributed by atoms with Gasteiger partial charge in [0.1, 0.15) is 0 Å². The van der Waals surface area contributed by atoms with Crippen molar-refractivity contribution in [3.8, 4) is 0 Å². The van der Waals surface area contributed by atoms with Crippen LogP contribution in [0.15, 0.2) is 11.6 Å². The van der Waals surface area contributed by atoms with Gasteiger partial charge in [-0.3, -0.25) is 4.55 Å². The third-order valence-corrected chi connectivity index (χ3v) is 3.77. The zero-order valence-electron chi connectivity index (χ0n) is 11.8. The average molecular weight is 322 g/mol. The molecular weight excluding hydrogens is 304 g/mol. The van der Waals surface area contributed by atoms with Crippen molar-refractivity contribution in [3.63, 3.8) is 0 Å². The highest BCUT2D eigenvalue weighted by atomic mass is 32.3. The monoisotopic (exact) mass is 322 g/mol. The number of fused-ring (bicyclic) bond motifs is 2. The van der Waals surface area contributed by atoms with Gasteiger partial charge in [-0.25, -0.2) is 4.79 Å². The average Bonchev–Trinajstić information content (AvgIpc) is 2.64. The molecule has 2 amide bonds. The van der Waals surface area contributed by atoms with Gasteiger partial charge in [0.05, 0.1) is 18.7 Å². The Bertz CT molecular complexity index is 533. The van der Waals surface area contributed by atoms with E-state index in [4.69, 9.17) is 14.0 Å². The van der Waals surface area contributed by atoms with E-state index in [0.717, 1.165) is 5.57 Å². The van der Waals surface area contributed by atoms with E-state index in [1.54, 1.807) is 13.2 Å². The number of methoxy groups -OCH3 is 2. The molecule has 0 radical (unpaired) electrons.